The van der Waals surface area contributed by atoms with Crippen molar-refractivity contribution in [1.82, 2.24) is 9.80 Å². The molecule has 2 rings (SSSR count). The van der Waals surface area contributed by atoms with E-state index in [2.05, 4.69) is 0 Å². The molecule has 0 unspecified atom stereocenters. The molecule has 1 aromatic carbocycles. The Kier molecular flexibility index (Phi) is 7.06. The standard InChI is InChI=1S/C18H26N2O4/c1-15(21)19(9-7-16-3-5-17(23-2)6-4-16)10-8-18(22)20-11-13-24-14-12-20/h3-6H,7-14H2,1-2H3. The van der Waals surface area contributed by atoms with Crippen molar-refractivity contribution < 1.29 is 19.1 Å². The summed E-state index contributed by atoms with van der Waals surface area (Å²) in [6, 6.07) is 7.82. The van der Waals surface area contributed by atoms with E-state index in [1.165, 1.54) is 0 Å². The second-order valence-electron chi connectivity index (χ2n) is 5.85. The molecule has 1 heterocycles. The van der Waals surface area contributed by atoms with Crippen LogP contribution in [0.5, 0.6) is 5.75 Å². The molecule has 1 aliphatic heterocycles. The van der Waals surface area contributed by atoms with E-state index in [-0.39, 0.29) is 11.8 Å². The monoisotopic (exact) mass is 334 g/mol. The number of carbonyl (C=O) groups is 2. The van der Waals surface area contributed by atoms with Crippen LogP contribution in [0, 0.1) is 0 Å². The van der Waals surface area contributed by atoms with Crippen LogP contribution in [-0.2, 0) is 20.7 Å². The average Bonchev–Trinajstić information content (AvgIpc) is 2.62. The molecule has 24 heavy (non-hydrogen) atoms. The second kappa shape index (κ2) is 9.27. The van der Waals surface area contributed by atoms with Crippen LogP contribution in [0.15, 0.2) is 24.3 Å². The van der Waals surface area contributed by atoms with Crippen molar-refractivity contribution in [2.24, 2.45) is 0 Å². The van der Waals surface area contributed by atoms with Gasteiger partial charge in [0.25, 0.3) is 0 Å². The second-order valence-corrected chi connectivity index (χ2v) is 5.85. The minimum atomic E-state index is -0.00158. The Morgan fingerprint density at radius 3 is 2.42 bits per heavy atom. The van der Waals surface area contributed by atoms with Gasteiger partial charge >= 0.3 is 0 Å². The molecule has 1 fully saturated rings. The molecule has 6 nitrogen and oxygen atoms in total. The maximum atomic E-state index is 12.2. The quantitative estimate of drug-likeness (QED) is 0.755. The molecular formula is C18H26N2O4. The Morgan fingerprint density at radius 2 is 1.83 bits per heavy atom. The minimum Gasteiger partial charge on any atom is -0.497 e. The van der Waals surface area contributed by atoms with Gasteiger partial charge in [-0.2, -0.15) is 0 Å². The fourth-order valence-corrected chi connectivity index (χ4v) is 2.68. The van der Waals surface area contributed by atoms with Crippen LogP contribution >= 0.6 is 0 Å². The van der Waals surface area contributed by atoms with E-state index < -0.39 is 0 Å². The number of rotatable bonds is 7. The average molecular weight is 334 g/mol. The van der Waals surface area contributed by atoms with Gasteiger partial charge in [0.1, 0.15) is 5.75 Å². The molecule has 0 atom stereocenters. The topological polar surface area (TPSA) is 59.1 Å². The molecule has 0 spiro atoms. The number of methoxy groups -OCH3 is 1. The molecular weight excluding hydrogens is 308 g/mol. The van der Waals surface area contributed by atoms with E-state index >= 15 is 0 Å². The predicted molar refractivity (Wildman–Crippen MR) is 91.0 cm³/mol. The van der Waals surface area contributed by atoms with E-state index in [1.807, 2.05) is 29.2 Å². The molecule has 2 amide bonds. The summed E-state index contributed by atoms with van der Waals surface area (Å²) in [5, 5.41) is 0. The summed E-state index contributed by atoms with van der Waals surface area (Å²) in [5.74, 6) is 0.908. The van der Waals surface area contributed by atoms with Crippen molar-refractivity contribution in [3.63, 3.8) is 0 Å². The first-order valence-corrected chi connectivity index (χ1v) is 8.34. The lowest BCUT2D eigenvalue weighted by Gasteiger charge is -2.28. The van der Waals surface area contributed by atoms with Gasteiger partial charge in [0, 0.05) is 39.5 Å². The van der Waals surface area contributed by atoms with Gasteiger partial charge < -0.3 is 19.3 Å². The van der Waals surface area contributed by atoms with E-state index in [4.69, 9.17) is 9.47 Å². The molecule has 0 N–H and O–H groups in total. The highest BCUT2D eigenvalue weighted by Gasteiger charge is 2.18. The molecule has 0 saturated carbocycles. The Hall–Kier alpha value is -2.08. The van der Waals surface area contributed by atoms with Gasteiger partial charge in [-0.3, -0.25) is 9.59 Å². The first-order chi connectivity index (χ1) is 11.6. The number of nitrogens with zero attached hydrogens (tertiary/aromatic N) is 2. The van der Waals surface area contributed by atoms with Gasteiger partial charge in [-0.05, 0) is 24.1 Å². The van der Waals surface area contributed by atoms with E-state index in [0.29, 0.717) is 45.8 Å². The molecule has 0 aromatic heterocycles. The fourth-order valence-electron chi connectivity index (χ4n) is 2.68. The van der Waals surface area contributed by atoms with Crippen molar-refractivity contribution in [2.45, 2.75) is 19.8 Å². The van der Waals surface area contributed by atoms with Crippen molar-refractivity contribution in [3.8, 4) is 5.75 Å². The first kappa shape index (κ1) is 18.3. The minimum absolute atomic E-state index is 0.00158. The number of ether oxygens (including phenoxy) is 2. The Labute approximate surface area is 143 Å². The third-order valence-electron chi connectivity index (χ3n) is 4.23. The highest BCUT2D eigenvalue weighted by Crippen LogP contribution is 2.12. The summed E-state index contributed by atoms with van der Waals surface area (Å²) in [5.41, 5.74) is 1.14. The Morgan fingerprint density at radius 1 is 1.17 bits per heavy atom. The first-order valence-electron chi connectivity index (χ1n) is 8.34. The summed E-state index contributed by atoms with van der Waals surface area (Å²) in [6.45, 7) is 5.10. The van der Waals surface area contributed by atoms with Gasteiger partial charge in [-0.15, -0.1) is 0 Å². The van der Waals surface area contributed by atoms with Crippen LogP contribution < -0.4 is 4.74 Å². The van der Waals surface area contributed by atoms with Crippen LogP contribution in [0.4, 0.5) is 0 Å². The largest absolute Gasteiger partial charge is 0.497 e. The van der Waals surface area contributed by atoms with Crippen molar-refractivity contribution >= 4 is 11.8 Å². The zero-order chi connectivity index (χ0) is 17.4. The summed E-state index contributed by atoms with van der Waals surface area (Å²) >= 11 is 0. The summed E-state index contributed by atoms with van der Waals surface area (Å²) < 4.78 is 10.4. The SMILES string of the molecule is COc1ccc(CCN(CCC(=O)N2CCOCC2)C(C)=O)cc1. The van der Waals surface area contributed by atoms with E-state index in [9.17, 15) is 9.59 Å². The lowest BCUT2D eigenvalue weighted by atomic mass is 10.1. The maximum absolute atomic E-state index is 12.2. The van der Waals surface area contributed by atoms with Crippen LogP contribution in [-0.4, -0.2) is 68.1 Å². The van der Waals surface area contributed by atoms with Gasteiger partial charge in [-0.1, -0.05) is 12.1 Å². The van der Waals surface area contributed by atoms with Crippen molar-refractivity contribution in [3.05, 3.63) is 29.8 Å². The van der Waals surface area contributed by atoms with E-state index in [1.54, 1.807) is 18.9 Å². The third-order valence-corrected chi connectivity index (χ3v) is 4.23. The highest BCUT2D eigenvalue weighted by molar-refractivity contribution is 5.78. The zero-order valence-corrected chi connectivity index (χ0v) is 14.5. The Balaban J connectivity index is 1.80. The van der Waals surface area contributed by atoms with Crippen molar-refractivity contribution in [2.75, 3.05) is 46.5 Å². The molecule has 1 aliphatic rings. The van der Waals surface area contributed by atoms with Crippen LogP contribution in [0.25, 0.3) is 0 Å². The molecule has 0 aliphatic carbocycles. The number of hydrogen-bond acceptors (Lipinski definition) is 4. The smallest absolute Gasteiger partial charge is 0.224 e. The molecule has 132 valence electrons. The summed E-state index contributed by atoms with van der Waals surface area (Å²) in [7, 11) is 1.64. The summed E-state index contributed by atoms with van der Waals surface area (Å²) in [4.78, 5) is 27.6. The fraction of sp³-hybridized carbons (Fsp3) is 0.556. The Bertz CT molecular complexity index is 538. The number of benzene rings is 1. The number of amides is 2. The summed E-state index contributed by atoms with van der Waals surface area (Å²) in [6.07, 6.45) is 1.12. The normalized spacial score (nSPS) is 14.3. The third kappa shape index (κ3) is 5.53. The number of carbonyl (C=O) groups excluding carboxylic acids is 2. The molecule has 0 radical (unpaired) electrons. The van der Waals surface area contributed by atoms with E-state index in [0.717, 1.165) is 17.7 Å². The van der Waals surface area contributed by atoms with Crippen molar-refractivity contribution in [1.29, 1.82) is 0 Å². The zero-order valence-electron chi connectivity index (χ0n) is 14.5. The van der Waals surface area contributed by atoms with Gasteiger partial charge in [0.15, 0.2) is 0 Å². The molecule has 6 heteroatoms. The molecule has 1 saturated heterocycles. The van der Waals surface area contributed by atoms with Crippen LogP contribution in [0.3, 0.4) is 0 Å². The maximum Gasteiger partial charge on any atom is 0.224 e. The van der Waals surface area contributed by atoms with Gasteiger partial charge in [-0.25, -0.2) is 0 Å². The molecule has 0 bridgehead atoms. The van der Waals surface area contributed by atoms with Crippen LogP contribution in [0.1, 0.15) is 18.9 Å². The number of morpholine rings is 1. The lowest BCUT2D eigenvalue weighted by molar-refractivity contribution is -0.136. The lowest BCUT2D eigenvalue weighted by Crippen LogP contribution is -2.42. The number of hydrogen-bond donors (Lipinski definition) is 0. The van der Waals surface area contributed by atoms with Crippen LogP contribution in [0.2, 0.25) is 0 Å². The van der Waals surface area contributed by atoms with Gasteiger partial charge in [0.2, 0.25) is 11.8 Å². The molecule has 1 aromatic rings. The van der Waals surface area contributed by atoms with Gasteiger partial charge in [0.05, 0.1) is 20.3 Å². The predicted octanol–water partition coefficient (Wildman–Crippen LogP) is 1.34. The highest BCUT2D eigenvalue weighted by atomic mass is 16.5.